The number of nitriles is 1. The lowest BCUT2D eigenvalue weighted by Gasteiger charge is -2.00. The van der Waals surface area contributed by atoms with Crippen molar-refractivity contribution in [2.45, 2.75) is 26.3 Å². The highest BCUT2D eigenvalue weighted by Crippen LogP contribution is 2.12. The topological polar surface area (TPSA) is 74.7 Å². The Morgan fingerprint density at radius 3 is 2.79 bits per heavy atom. The summed E-state index contributed by atoms with van der Waals surface area (Å²) in [6.07, 6.45) is 1.46. The van der Waals surface area contributed by atoms with Gasteiger partial charge in [-0.15, -0.1) is 0 Å². The molecule has 0 bridgehead atoms. The Bertz CT molecular complexity index is 598. The fourth-order valence-electron chi connectivity index (χ4n) is 1.96. The molecule has 0 aliphatic heterocycles. The van der Waals surface area contributed by atoms with Crippen molar-refractivity contribution in [3.63, 3.8) is 0 Å². The second-order valence-corrected chi connectivity index (χ2v) is 4.26. The lowest BCUT2D eigenvalue weighted by molar-refractivity contribution is 0.260. The number of aliphatic hydroxyl groups excluding tert-OH is 1. The van der Waals surface area contributed by atoms with Gasteiger partial charge in [-0.25, -0.2) is 0 Å². The number of benzene rings is 1. The molecule has 1 heterocycles. The molecule has 0 amide bonds. The second kappa shape index (κ2) is 6.12. The van der Waals surface area contributed by atoms with Crippen molar-refractivity contribution in [2.24, 2.45) is 0 Å². The third-order valence-corrected chi connectivity index (χ3v) is 2.87. The van der Waals surface area contributed by atoms with E-state index in [4.69, 9.17) is 10.4 Å². The van der Waals surface area contributed by atoms with E-state index in [1.807, 2.05) is 25.1 Å². The summed E-state index contributed by atoms with van der Waals surface area (Å²) in [5, 5.41) is 26.5. The number of aromatic nitrogens is 3. The molecule has 5 nitrogen and oxygen atoms in total. The van der Waals surface area contributed by atoms with E-state index < -0.39 is 0 Å². The van der Waals surface area contributed by atoms with Crippen molar-refractivity contribution in [1.82, 2.24) is 15.0 Å². The van der Waals surface area contributed by atoms with Gasteiger partial charge in [0.05, 0.1) is 36.2 Å². The van der Waals surface area contributed by atoms with Crippen LogP contribution in [-0.4, -0.2) is 26.7 Å². The molecule has 19 heavy (non-hydrogen) atoms. The molecule has 2 aromatic rings. The maximum atomic E-state index is 8.91. The fraction of sp³-hybridized carbons (Fsp3) is 0.357. The first-order chi connectivity index (χ1) is 9.26. The smallest absolute Gasteiger partial charge is 0.0991 e. The Balaban J connectivity index is 2.24. The van der Waals surface area contributed by atoms with Crippen molar-refractivity contribution in [1.29, 1.82) is 5.26 Å². The van der Waals surface area contributed by atoms with E-state index in [1.165, 1.54) is 4.80 Å². The molecule has 5 heteroatoms. The Kier molecular flexibility index (Phi) is 4.26. The van der Waals surface area contributed by atoms with Gasteiger partial charge in [-0.2, -0.15) is 20.3 Å². The Labute approximate surface area is 112 Å². The highest BCUT2D eigenvalue weighted by atomic mass is 16.3. The predicted molar refractivity (Wildman–Crippen MR) is 70.4 cm³/mol. The first kappa shape index (κ1) is 13.2. The summed E-state index contributed by atoms with van der Waals surface area (Å²) in [7, 11) is 0. The van der Waals surface area contributed by atoms with Crippen molar-refractivity contribution >= 4 is 0 Å². The average Bonchev–Trinajstić information content (AvgIpc) is 2.81. The molecule has 0 fully saturated rings. The third-order valence-electron chi connectivity index (χ3n) is 2.87. The van der Waals surface area contributed by atoms with Gasteiger partial charge >= 0.3 is 0 Å². The Morgan fingerprint density at radius 2 is 2.11 bits per heavy atom. The van der Waals surface area contributed by atoms with Crippen molar-refractivity contribution in [3.05, 3.63) is 46.8 Å². The molecule has 2 rings (SSSR count). The second-order valence-electron chi connectivity index (χ2n) is 4.26. The van der Waals surface area contributed by atoms with Gasteiger partial charge < -0.3 is 5.11 Å². The van der Waals surface area contributed by atoms with Crippen molar-refractivity contribution < 1.29 is 5.11 Å². The number of hydrogen-bond donors (Lipinski definition) is 1. The van der Waals surface area contributed by atoms with E-state index in [1.54, 1.807) is 6.07 Å². The molecule has 0 saturated heterocycles. The molecule has 0 radical (unpaired) electrons. The molecule has 1 N–H and O–H groups in total. The summed E-state index contributed by atoms with van der Waals surface area (Å²) in [6.45, 7) is 2.47. The number of nitrogens with zero attached hydrogens (tertiary/aromatic N) is 4. The van der Waals surface area contributed by atoms with Crippen LogP contribution < -0.4 is 0 Å². The van der Waals surface area contributed by atoms with Crippen molar-refractivity contribution in [3.8, 4) is 6.07 Å². The van der Waals surface area contributed by atoms with Gasteiger partial charge in [-0.1, -0.05) is 19.1 Å². The highest BCUT2D eigenvalue weighted by Gasteiger charge is 2.10. The van der Waals surface area contributed by atoms with E-state index in [9.17, 15) is 0 Å². The van der Waals surface area contributed by atoms with Crippen LogP contribution in [0.5, 0.6) is 0 Å². The third kappa shape index (κ3) is 3.18. The van der Waals surface area contributed by atoms with Crippen LogP contribution in [0.1, 0.15) is 29.4 Å². The van der Waals surface area contributed by atoms with Gasteiger partial charge in [-0.3, -0.25) is 0 Å². The average molecular weight is 256 g/mol. The molecule has 1 aromatic carbocycles. The lowest BCUT2D eigenvalue weighted by atomic mass is 10.1. The molecular weight excluding hydrogens is 240 g/mol. The number of rotatable bonds is 5. The molecule has 0 aliphatic carbocycles. The maximum absolute atomic E-state index is 8.91. The maximum Gasteiger partial charge on any atom is 0.0991 e. The molecule has 0 spiro atoms. The fourth-order valence-corrected chi connectivity index (χ4v) is 1.96. The molecule has 0 atom stereocenters. The minimum Gasteiger partial charge on any atom is -0.394 e. The monoisotopic (exact) mass is 256 g/mol. The minimum absolute atomic E-state index is 0.0290. The Hall–Kier alpha value is -2.19. The van der Waals surface area contributed by atoms with E-state index >= 15 is 0 Å². The molecule has 1 aromatic heterocycles. The summed E-state index contributed by atoms with van der Waals surface area (Å²) < 4.78 is 0. The van der Waals surface area contributed by atoms with Crippen LogP contribution in [0.15, 0.2) is 24.3 Å². The zero-order chi connectivity index (χ0) is 13.7. The van der Waals surface area contributed by atoms with Gasteiger partial charge in [0.1, 0.15) is 0 Å². The minimum atomic E-state index is 0.0290. The number of aliphatic hydroxyl groups is 1. The van der Waals surface area contributed by atoms with Gasteiger partial charge in [0.25, 0.3) is 0 Å². The van der Waals surface area contributed by atoms with E-state index in [0.717, 1.165) is 23.4 Å². The predicted octanol–water partition coefficient (Wildman–Crippen LogP) is 1.30. The summed E-state index contributed by atoms with van der Waals surface area (Å²) in [5.74, 6) is 0. The summed E-state index contributed by atoms with van der Waals surface area (Å²) >= 11 is 0. The number of hydrogen-bond acceptors (Lipinski definition) is 4. The van der Waals surface area contributed by atoms with Crippen molar-refractivity contribution in [2.75, 3.05) is 6.61 Å². The van der Waals surface area contributed by atoms with Crippen LogP contribution in [0.3, 0.4) is 0 Å². The normalized spacial score (nSPS) is 10.4. The lowest BCUT2D eigenvalue weighted by Crippen LogP contribution is -2.06. The first-order valence-electron chi connectivity index (χ1n) is 6.29. The molecule has 0 saturated carbocycles. The Morgan fingerprint density at radius 1 is 1.32 bits per heavy atom. The molecule has 98 valence electrons. The SMILES string of the molecule is CCc1nn(CCO)nc1Cc1cccc(C#N)c1. The highest BCUT2D eigenvalue weighted by molar-refractivity contribution is 5.34. The van der Waals surface area contributed by atoms with Gasteiger partial charge in [-0.05, 0) is 24.1 Å². The van der Waals surface area contributed by atoms with Gasteiger partial charge in [0, 0.05) is 6.42 Å². The van der Waals surface area contributed by atoms with Crippen LogP contribution in [0, 0.1) is 11.3 Å². The molecular formula is C14H16N4O. The van der Waals surface area contributed by atoms with Gasteiger partial charge in [0.2, 0.25) is 0 Å². The summed E-state index contributed by atoms with van der Waals surface area (Å²) in [6, 6.07) is 9.63. The van der Waals surface area contributed by atoms with Crippen LogP contribution in [-0.2, 0) is 19.4 Å². The van der Waals surface area contributed by atoms with Crippen LogP contribution in [0.4, 0.5) is 0 Å². The number of aryl methyl sites for hydroxylation is 1. The first-order valence-corrected chi connectivity index (χ1v) is 6.29. The standard InChI is InChI=1S/C14H16N4O/c1-2-13-14(17-18(16-13)6-7-19)9-11-4-3-5-12(8-11)10-15/h3-5,8,19H,2,6-7,9H2,1H3. The van der Waals surface area contributed by atoms with Crippen LogP contribution in [0.25, 0.3) is 0 Å². The molecule has 0 aliphatic rings. The van der Waals surface area contributed by atoms with Crippen LogP contribution >= 0.6 is 0 Å². The molecule has 0 unspecified atom stereocenters. The summed E-state index contributed by atoms with van der Waals surface area (Å²) in [5.41, 5.74) is 3.55. The van der Waals surface area contributed by atoms with Crippen LogP contribution in [0.2, 0.25) is 0 Å². The quantitative estimate of drug-likeness (QED) is 0.874. The van der Waals surface area contributed by atoms with Gasteiger partial charge in [0.15, 0.2) is 0 Å². The van der Waals surface area contributed by atoms with E-state index in [0.29, 0.717) is 18.5 Å². The largest absolute Gasteiger partial charge is 0.394 e. The zero-order valence-electron chi connectivity index (χ0n) is 10.9. The van der Waals surface area contributed by atoms with E-state index in [2.05, 4.69) is 16.3 Å². The zero-order valence-corrected chi connectivity index (χ0v) is 10.9. The van der Waals surface area contributed by atoms with E-state index in [-0.39, 0.29) is 6.61 Å². The summed E-state index contributed by atoms with van der Waals surface area (Å²) in [4.78, 5) is 1.53.